The van der Waals surface area contributed by atoms with Gasteiger partial charge in [0.25, 0.3) is 0 Å². The van der Waals surface area contributed by atoms with E-state index in [1.807, 2.05) is 66.7 Å². The predicted molar refractivity (Wildman–Crippen MR) is 99.5 cm³/mol. The molecule has 0 saturated heterocycles. The highest BCUT2D eigenvalue weighted by atomic mass is 16.5. The van der Waals surface area contributed by atoms with Gasteiger partial charge >= 0.3 is 5.97 Å². The standard InChI is InChI=1S/C21H19NO3/c23-21(24)9-4-14-25-19-7-3-5-16(15-19)10-12-18-13-11-17-6-1-2-8-20(17)22-18/h1-3,5-8,10-13,15H,4,9,14H2,(H,23,24)/b12-10+. The van der Waals surface area contributed by atoms with E-state index in [2.05, 4.69) is 11.1 Å². The summed E-state index contributed by atoms with van der Waals surface area (Å²) in [6.45, 7) is 0.395. The van der Waals surface area contributed by atoms with Crippen molar-refractivity contribution in [2.24, 2.45) is 0 Å². The van der Waals surface area contributed by atoms with Gasteiger partial charge in [0, 0.05) is 11.8 Å². The Balaban J connectivity index is 1.66. The van der Waals surface area contributed by atoms with Crippen LogP contribution < -0.4 is 4.74 Å². The fourth-order valence-electron chi connectivity index (χ4n) is 2.48. The van der Waals surface area contributed by atoms with Gasteiger partial charge < -0.3 is 9.84 Å². The van der Waals surface area contributed by atoms with Crippen LogP contribution in [0.3, 0.4) is 0 Å². The minimum atomic E-state index is -0.803. The van der Waals surface area contributed by atoms with Gasteiger partial charge in [0.15, 0.2) is 0 Å². The quantitative estimate of drug-likeness (QED) is 0.639. The molecule has 0 aliphatic rings. The van der Waals surface area contributed by atoms with Crippen LogP contribution in [-0.4, -0.2) is 22.7 Å². The highest BCUT2D eigenvalue weighted by Crippen LogP contribution is 2.17. The summed E-state index contributed by atoms with van der Waals surface area (Å²) in [5, 5.41) is 9.75. The topological polar surface area (TPSA) is 59.4 Å². The van der Waals surface area contributed by atoms with E-state index in [1.54, 1.807) is 0 Å². The zero-order valence-electron chi connectivity index (χ0n) is 13.8. The summed E-state index contributed by atoms with van der Waals surface area (Å²) < 4.78 is 5.59. The van der Waals surface area contributed by atoms with Crippen LogP contribution in [0, 0.1) is 0 Å². The van der Waals surface area contributed by atoms with Crippen LogP contribution >= 0.6 is 0 Å². The maximum Gasteiger partial charge on any atom is 0.303 e. The van der Waals surface area contributed by atoms with E-state index < -0.39 is 5.97 Å². The lowest BCUT2D eigenvalue weighted by atomic mass is 10.1. The number of ether oxygens (including phenoxy) is 1. The van der Waals surface area contributed by atoms with Crippen LogP contribution in [0.1, 0.15) is 24.1 Å². The number of hydrogen-bond acceptors (Lipinski definition) is 3. The van der Waals surface area contributed by atoms with Crippen LogP contribution in [-0.2, 0) is 4.79 Å². The van der Waals surface area contributed by atoms with E-state index in [0.29, 0.717) is 13.0 Å². The van der Waals surface area contributed by atoms with Crippen LogP contribution in [0.5, 0.6) is 5.75 Å². The van der Waals surface area contributed by atoms with Gasteiger partial charge in [-0.05, 0) is 42.3 Å². The van der Waals surface area contributed by atoms with Crippen LogP contribution in [0.2, 0.25) is 0 Å². The van der Waals surface area contributed by atoms with Crippen molar-refractivity contribution in [2.75, 3.05) is 6.61 Å². The molecule has 0 saturated carbocycles. The van der Waals surface area contributed by atoms with Crippen molar-refractivity contribution in [3.8, 4) is 5.75 Å². The fourth-order valence-corrected chi connectivity index (χ4v) is 2.48. The number of aliphatic carboxylic acids is 1. The number of rotatable bonds is 7. The molecule has 4 heteroatoms. The molecule has 1 aromatic heterocycles. The largest absolute Gasteiger partial charge is 0.494 e. The first-order valence-corrected chi connectivity index (χ1v) is 8.19. The van der Waals surface area contributed by atoms with Crippen molar-refractivity contribution in [1.82, 2.24) is 4.98 Å². The summed E-state index contributed by atoms with van der Waals surface area (Å²) in [5.41, 5.74) is 2.87. The molecule has 1 N–H and O–H groups in total. The first-order valence-electron chi connectivity index (χ1n) is 8.19. The molecule has 0 aliphatic heterocycles. The van der Waals surface area contributed by atoms with Gasteiger partial charge in [-0.25, -0.2) is 4.98 Å². The molecule has 0 unspecified atom stereocenters. The summed E-state index contributed by atoms with van der Waals surface area (Å²) in [6.07, 6.45) is 4.57. The maximum absolute atomic E-state index is 10.5. The van der Waals surface area contributed by atoms with E-state index >= 15 is 0 Å². The maximum atomic E-state index is 10.5. The Hall–Kier alpha value is -3.14. The lowest BCUT2D eigenvalue weighted by Gasteiger charge is -2.05. The summed E-state index contributed by atoms with van der Waals surface area (Å²) in [6, 6.07) is 19.8. The minimum absolute atomic E-state index is 0.118. The van der Waals surface area contributed by atoms with Gasteiger partial charge in [-0.15, -0.1) is 0 Å². The third-order valence-electron chi connectivity index (χ3n) is 3.73. The highest BCUT2D eigenvalue weighted by Gasteiger charge is 1.99. The second-order valence-corrected chi connectivity index (χ2v) is 5.68. The lowest BCUT2D eigenvalue weighted by molar-refractivity contribution is -0.137. The van der Waals surface area contributed by atoms with E-state index in [-0.39, 0.29) is 6.42 Å². The van der Waals surface area contributed by atoms with Gasteiger partial charge in [0.2, 0.25) is 0 Å². The highest BCUT2D eigenvalue weighted by molar-refractivity contribution is 5.80. The zero-order chi connectivity index (χ0) is 17.5. The number of hydrogen-bond donors (Lipinski definition) is 1. The molecule has 4 nitrogen and oxygen atoms in total. The van der Waals surface area contributed by atoms with Gasteiger partial charge in [0.1, 0.15) is 5.75 Å². The van der Waals surface area contributed by atoms with Crippen molar-refractivity contribution in [1.29, 1.82) is 0 Å². The number of para-hydroxylation sites is 1. The predicted octanol–water partition coefficient (Wildman–Crippen LogP) is 4.65. The Labute approximate surface area is 146 Å². The van der Waals surface area contributed by atoms with E-state index in [4.69, 9.17) is 9.84 Å². The van der Waals surface area contributed by atoms with Crippen molar-refractivity contribution >= 4 is 29.0 Å². The van der Waals surface area contributed by atoms with Crippen LogP contribution in [0.25, 0.3) is 23.1 Å². The Morgan fingerprint density at radius 2 is 1.92 bits per heavy atom. The third kappa shape index (κ3) is 4.91. The average molecular weight is 333 g/mol. The molecular weight excluding hydrogens is 314 g/mol. The van der Waals surface area contributed by atoms with Crippen LogP contribution in [0.15, 0.2) is 60.7 Å². The number of pyridine rings is 1. The Morgan fingerprint density at radius 1 is 1.04 bits per heavy atom. The molecule has 3 rings (SSSR count). The SMILES string of the molecule is O=C(O)CCCOc1cccc(/C=C/c2ccc3ccccc3n2)c1. The second kappa shape index (κ2) is 8.11. The number of benzene rings is 2. The average Bonchev–Trinajstić information content (AvgIpc) is 2.64. The van der Waals surface area contributed by atoms with Crippen LogP contribution in [0.4, 0.5) is 0 Å². The van der Waals surface area contributed by atoms with Gasteiger partial charge in [-0.2, -0.15) is 0 Å². The molecule has 2 aromatic carbocycles. The molecule has 0 fully saturated rings. The summed E-state index contributed by atoms with van der Waals surface area (Å²) in [7, 11) is 0. The first kappa shape index (κ1) is 16.7. The lowest BCUT2D eigenvalue weighted by Crippen LogP contribution is -2.02. The molecule has 0 bridgehead atoms. The molecule has 25 heavy (non-hydrogen) atoms. The smallest absolute Gasteiger partial charge is 0.303 e. The second-order valence-electron chi connectivity index (χ2n) is 5.68. The number of carbonyl (C=O) groups is 1. The molecule has 1 heterocycles. The summed E-state index contributed by atoms with van der Waals surface area (Å²) >= 11 is 0. The first-order chi connectivity index (χ1) is 12.2. The molecule has 0 atom stereocenters. The molecule has 0 spiro atoms. The monoisotopic (exact) mass is 333 g/mol. The van der Waals surface area contributed by atoms with Crippen molar-refractivity contribution in [3.63, 3.8) is 0 Å². The van der Waals surface area contributed by atoms with Gasteiger partial charge in [-0.3, -0.25) is 4.79 Å². The van der Waals surface area contributed by atoms with Crippen molar-refractivity contribution in [3.05, 3.63) is 71.9 Å². The third-order valence-corrected chi connectivity index (χ3v) is 3.73. The number of aromatic nitrogens is 1. The summed E-state index contributed by atoms with van der Waals surface area (Å²) in [5.74, 6) is -0.0674. The number of fused-ring (bicyclic) bond motifs is 1. The number of nitrogens with zero attached hydrogens (tertiary/aromatic N) is 1. The van der Waals surface area contributed by atoms with Crippen molar-refractivity contribution in [2.45, 2.75) is 12.8 Å². The molecule has 0 amide bonds. The van der Waals surface area contributed by atoms with E-state index in [0.717, 1.165) is 27.9 Å². The van der Waals surface area contributed by atoms with E-state index in [9.17, 15) is 4.79 Å². The molecule has 3 aromatic rings. The normalized spacial score (nSPS) is 11.0. The Kier molecular flexibility index (Phi) is 5.42. The molecule has 126 valence electrons. The summed E-state index contributed by atoms with van der Waals surface area (Å²) in [4.78, 5) is 15.1. The van der Waals surface area contributed by atoms with Crippen molar-refractivity contribution < 1.29 is 14.6 Å². The molecule has 0 aliphatic carbocycles. The fraction of sp³-hybridized carbons (Fsp3) is 0.143. The van der Waals surface area contributed by atoms with Gasteiger partial charge in [0.05, 0.1) is 17.8 Å². The van der Waals surface area contributed by atoms with E-state index in [1.165, 1.54) is 0 Å². The molecule has 0 radical (unpaired) electrons. The molecular formula is C21H19NO3. The number of carboxylic acid groups (broad SMARTS) is 1. The Bertz CT molecular complexity index is 902. The zero-order valence-corrected chi connectivity index (χ0v) is 13.8. The minimum Gasteiger partial charge on any atom is -0.494 e. The van der Waals surface area contributed by atoms with Gasteiger partial charge in [-0.1, -0.05) is 42.5 Å². The number of carboxylic acids is 1. The Morgan fingerprint density at radius 3 is 2.80 bits per heavy atom.